The van der Waals surface area contributed by atoms with Gasteiger partial charge in [0.05, 0.1) is 12.5 Å². The zero-order valence-corrected chi connectivity index (χ0v) is 11.0. The van der Waals surface area contributed by atoms with Crippen molar-refractivity contribution in [3.8, 4) is 0 Å². The van der Waals surface area contributed by atoms with E-state index in [1.807, 2.05) is 0 Å². The van der Waals surface area contributed by atoms with Crippen molar-refractivity contribution >= 4 is 12.0 Å². The molecule has 19 heavy (non-hydrogen) atoms. The number of carboxylic acids is 1. The lowest BCUT2D eigenvalue weighted by Crippen LogP contribution is -2.48. The first-order valence-electron chi connectivity index (χ1n) is 7.02. The summed E-state index contributed by atoms with van der Waals surface area (Å²) in [6, 6.07) is 0.0425. The number of rotatable bonds is 5. The maximum Gasteiger partial charge on any atom is 0.317 e. The summed E-state index contributed by atoms with van der Waals surface area (Å²) in [5.41, 5.74) is 0. The lowest BCUT2D eigenvalue weighted by atomic mass is 9.86. The third kappa shape index (κ3) is 3.83. The van der Waals surface area contributed by atoms with Crippen molar-refractivity contribution in [2.45, 2.75) is 50.6 Å². The van der Waals surface area contributed by atoms with Crippen LogP contribution in [0, 0.1) is 5.92 Å². The normalized spacial score (nSPS) is 26.8. The van der Waals surface area contributed by atoms with Crippen molar-refractivity contribution in [2.75, 3.05) is 13.2 Å². The predicted molar refractivity (Wildman–Crippen MR) is 68.7 cm³/mol. The van der Waals surface area contributed by atoms with Gasteiger partial charge in [0.1, 0.15) is 0 Å². The van der Waals surface area contributed by atoms with Crippen molar-refractivity contribution in [1.82, 2.24) is 10.2 Å². The van der Waals surface area contributed by atoms with Crippen molar-refractivity contribution in [1.29, 1.82) is 0 Å². The smallest absolute Gasteiger partial charge is 0.317 e. The fourth-order valence-electron chi connectivity index (χ4n) is 2.75. The molecule has 2 atom stereocenters. The van der Waals surface area contributed by atoms with E-state index in [0.29, 0.717) is 19.4 Å². The second-order valence-electron chi connectivity index (χ2n) is 5.50. The van der Waals surface area contributed by atoms with Gasteiger partial charge in [-0.2, -0.15) is 0 Å². The highest BCUT2D eigenvalue weighted by Crippen LogP contribution is 2.28. The minimum atomic E-state index is -0.770. The Labute approximate surface area is 112 Å². The molecule has 0 heterocycles. The molecule has 2 fully saturated rings. The standard InChI is InChI=1S/C13H22N2O4/c16-7-6-15(11-4-5-11)13(19)14-10-3-1-2-9(8-10)12(17)18/h9-11,16H,1-8H2,(H,14,19)(H,17,18). The number of urea groups is 1. The molecule has 2 aliphatic carbocycles. The molecule has 2 amide bonds. The molecule has 2 rings (SSSR count). The first kappa shape index (κ1) is 14.1. The van der Waals surface area contributed by atoms with Crippen LogP contribution in [0.1, 0.15) is 38.5 Å². The van der Waals surface area contributed by atoms with Gasteiger partial charge in [-0.25, -0.2) is 4.79 Å². The van der Waals surface area contributed by atoms with E-state index in [-0.39, 0.29) is 30.6 Å². The van der Waals surface area contributed by atoms with Crippen molar-refractivity contribution in [3.63, 3.8) is 0 Å². The lowest BCUT2D eigenvalue weighted by molar-refractivity contribution is -0.143. The van der Waals surface area contributed by atoms with Crippen molar-refractivity contribution in [3.05, 3.63) is 0 Å². The van der Waals surface area contributed by atoms with Crippen LogP contribution in [0.2, 0.25) is 0 Å². The molecule has 6 heteroatoms. The Morgan fingerprint density at radius 1 is 1.21 bits per heavy atom. The molecule has 2 aliphatic rings. The molecule has 2 saturated carbocycles. The first-order chi connectivity index (χ1) is 9.11. The Morgan fingerprint density at radius 3 is 2.53 bits per heavy atom. The summed E-state index contributed by atoms with van der Waals surface area (Å²) >= 11 is 0. The Morgan fingerprint density at radius 2 is 1.95 bits per heavy atom. The highest BCUT2D eigenvalue weighted by Gasteiger charge is 2.34. The van der Waals surface area contributed by atoms with E-state index in [1.54, 1.807) is 4.90 Å². The Bertz CT molecular complexity index is 344. The SMILES string of the molecule is O=C(O)C1CCCC(NC(=O)N(CCO)C2CC2)C1. The number of hydrogen-bond donors (Lipinski definition) is 3. The average Bonchev–Trinajstić information content (AvgIpc) is 3.20. The van der Waals surface area contributed by atoms with Gasteiger partial charge in [-0.3, -0.25) is 4.79 Å². The van der Waals surface area contributed by atoms with E-state index in [9.17, 15) is 9.59 Å². The number of carbonyl (C=O) groups is 2. The Balaban J connectivity index is 1.85. The van der Waals surface area contributed by atoms with Gasteiger partial charge in [0, 0.05) is 18.6 Å². The van der Waals surface area contributed by atoms with Gasteiger partial charge in [-0.05, 0) is 32.1 Å². The Hall–Kier alpha value is -1.30. The van der Waals surface area contributed by atoms with Gasteiger partial charge in [0.15, 0.2) is 0 Å². The summed E-state index contributed by atoms with van der Waals surface area (Å²) in [7, 11) is 0. The number of carboxylic acid groups (broad SMARTS) is 1. The molecule has 0 aromatic carbocycles. The third-order valence-corrected chi connectivity index (χ3v) is 3.94. The first-order valence-corrected chi connectivity index (χ1v) is 7.02. The topological polar surface area (TPSA) is 89.9 Å². The largest absolute Gasteiger partial charge is 0.481 e. The minimum Gasteiger partial charge on any atom is -0.481 e. The molecule has 0 radical (unpaired) electrons. The van der Waals surface area contributed by atoms with Gasteiger partial charge in [0.2, 0.25) is 0 Å². The molecule has 0 bridgehead atoms. The number of nitrogens with zero attached hydrogens (tertiary/aromatic N) is 1. The zero-order chi connectivity index (χ0) is 13.8. The molecule has 2 unspecified atom stereocenters. The van der Waals surface area contributed by atoms with Crippen molar-refractivity contribution < 1.29 is 19.8 Å². The maximum atomic E-state index is 12.1. The lowest BCUT2D eigenvalue weighted by Gasteiger charge is -2.30. The van der Waals surface area contributed by atoms with Crippen LogP contribution in [-0.2, 0) is 4.79 Å². The molecule has 0 aliphatic heterocycles. The monoisotopic (exact) mass is 270 g/mol. The van der Waals surface area contributed by atoms with E-state index in [2.05, 4.69) is 5.32 Å². The van der Waals surface area contributed by atoms with Crippen LogP contribution in [0.25, 0.3) is 0 Å². The van der Waals surface area contributed by atoms with Crippen LogP contribution >= 0.6 is 0 Å². The molecule has 0 aromatic heterocycles. The fourth-order valence-corrected chi connectivity index (χ4v) is 2.75. The molecule has 0 aromatic rings. The quantitative estimate of drug-likeness (QED) is 0.689. The molecule has 0 spiro atoms. The summed E-state index contributed by atoms with van der Waals surface area (Å²) < 4.78 is 0. The molecule has 6 nitrogen and oxygen atoms in total. The zero-order valence-electron chi connectivity index (χ0n) is 11.0. The third-order valence-electron chi connectivity index (χ3n) is 3.94. The molecule has 3 N–H and O–H groups in total. The summed E-state index contributed by atoms with van der Waals surface area (Å²) in [5.74, 6) is -1.11. The van der Waals surface area contributed by atoms with Gasteiger partial charge in [0.25, 0.3) is 0 Å². The summed E-state index contributed by atoms with van der Waals surface area (Å²) in [4.78, 5) is 24.8. The summed E-state index contributed by atoms with van der Waals surface area (Å²) in [6.45, 7) is 0.317. The maximum absolute atomic E-state index is 12.1. The van der Waals surface area contributed by atoms with E-state index >= 15 is 0 Å². The van der Waals surface area contributed by atoms with Crippen LogP contribution < -0.4 is 5.32 Å². The van der Waals surface area contributed by atoms with E-state index in [4.69, 9.17) is 10.2 Å². The molecular weight excluding hydrogens is 248 g/mol. The highest BCUT2D eigenvalue weighted by molar-refractivity contribution is 5.75. The van der Waals surface area contributed by atoms with Gasteiger partial charge >= 0.3 is 12.0 Å². The summed E-state index contributed by atoms with van der Waals surface area (Å²) in [5, 5.41) is 20.9. The highest BCUT2D eigenvalue weighted by atomic mass is 16.4. The number of carbonyl (C=O) groups excluding carboxylic acids is 1. The summed E-state index contributed by atoms with van der Waals surface area (Å²) in [6.07, 6.45) is 4.88. The average molecular weight is 270 g/mol. The van der Waals surface area contributed by atoms with E-state index in [0.717, 1.165) is 25.7 Å². The van der Waals surface area contributed by atoms with Crippen LogP contribution in [0.3, 0.4) is 0 Å². The molecule has 0 saturated heterocycles. The Kier molecular flexibility index (Phi) is 4.63. The number of hydrogen-bond acceptors (Lipinski definition) is 3. The number of amides is 2. The van der Waals surface area contributed by atoms with E-state index in [1.165, 1.54) is 0 Å². The van der Waals surface area contributed by atoms with Crippen LogP contribution in [-0.4, -0.2) is 52.3 Å². The number of aliphatic hydroxyl groups excluding tert-OH is 1. The van der Waals surface area contributed by atoms with Gasteiger partial charge in [-0.15, -0.1) is 0 Å². The van der Waals surface area contributed by atoms with Crippen LogP contribution in [0.15, 0.2) is 0 Å². The second kappa shape index (κ2) is 6.23. The number of aliphatic hydroxyl groups is 1. The van der Waals surface area contributed by atoms with Crippen molar-refractivity contribution in [2.24, 2.45) is 5.92 Å². The predicted octanol–water partition coefficient (Wildman–Crippen LogP) is 0.796. The molecular formula is C13H22N2O4. The van der Waals surface area contributed by atoms with Crippen LogP contribution in [0.4, 0.5) is 4.79 Å². The number of aliphatic carboxylic acids is 1. The second-order valence-corrected chi connectivity index (χ2v) is 5.50. The molecule has 108 valence electrons. The fraction of sp³-hybridized carbons (Fsp3) is 0.846. The minimum absolute atomic E-state index is 0.0354. The van der Waals surface area contributed by atoms with Gasteiger partial charge in [-0.1, -0.05) is 6.42 Å². The van der Waals surface area contributed by atoms with Crippen LogP contribution in [0.5, 0.6) is 0 Å². The van der Waals surface area contributed by atoms with E-state index < -0.39 is 5.97 Å². The number of nitrogens with one attached hydrogen (secondary N) is 1. The van der Waals surface area contributed by atoms with Gasteiger partial charge < -0.3 is 20.4 Å².